The van der Waals surface area contributed by atoms with Crippen LogP contribution in [0.1, 0.15) is 82.8 Å². The second-order valence-electron chi connectivity index (χ2n) is 17.5. The van der Waals surface area contributed by atoms with E-state index in [1.54, 1.807) is 62.4 Å². The Morgan fingerprint density at radius 1 is 0.903 bits per heavy atom. The number of esters is 4. The average molecular weight is 864 g/mol. The lowest BCUT2D eigenvalue weighted by Gasteiger charge is -2.67. The largest absolute Gasteiger partial charge is 0.456 e. The summed E-state index contributed by atoms with van der Waals surface area (Å²) in [7, 11) is 0. The number of alkyl carbamates (subject to hydrolysis) is 1. The SMILES string of the molecule is CC(=O)O[C@H]1C(=O)[C@@]2(C)C([C@H](OC(=O)c3ccccc3)[C@]3(O)CC(OC(=O)C(O)[C@@H](NC(=O)OC4CCOC4)c4ccccc4)C(C)=C1C3(C)C)[C@]1(OC(C)=O)COC1C[C@@H]2O. The number of hydrogen-bond donors (Lipinski definition) is 4. The molecule has 7 rings (SSSR count). The van der Waals surface area contributed by atoms with Gasteiger partial charge in [0.2, 0.25) is 0 Å². The van der Waals surface area contributed by atoms with E-state index < -0.39 is 119 Å². The molecule has 0 radical (unpaired) electrons. The van der Waals surface area contributed by atoms with Gasteiger partial charge in [-0.2, -0.15) is 0 Å². The first-order valence-electron chi connectivity index (χ1n) is 20.6. The summed E-state index contributed by atoms with van der Waals surface area (Å²) in [5, 5.41) is 40.0. The van der Waals surface area contributed by atoms with Crippen molar-refractivity contribution < 1.29 is 77.2 Å². The van der Waals surface area contributed by atoms with Gasteiger partial charge in [-0.1, -0.05) is 62.4 Å². The van der Waals surface area contributed by atoms with Crippen LogP contribution >= 0.6 is 0 Å². The summed E-state index contributed by atoms with van der Waals surface area (Å²) in [6.45, 7) is 8.49. The van der Waals surface area contributed by atoms with Crippen molar-refractivity contribution >= 4 is 35.8 Å². The molecule has 5 unspecified atom stereocenters. The quantitative estimate of drug-likeness (QED) is 0.153. The van der Waals surface area contributed by atoms with Crippen LogP contribution in [0.2, 0.25) is 0 Å². The molecule has 0 spiro atoms. The van der Waals surface area contributed by atoms with Crippen LogP contribution in [0.3, 0.4) is 0 Å². The van der Waals surface area contributed by atoms with Crippen molar-refractivity contribution in [2.45, 2.75) is 121 Å². The fourth-order valence-corrected chi connectivity index (χ4v) is 10.3. The van der Waals surface area contributed by atoms with Crippen molar-refractivity contribution in [3.63, 3.8) is 0 Å². The van der Waals surface area contributed by atoms with Crippen molar-refractivity contribution in [1.29, 1.82) is 0 Å². The van der Waals surface area contributed by atoms with Gasteiger partial charge < -0.3 is 53.8 Å². The maximum absolute atomic E-state index is 15.5. The highest BCUT2D eigenvalue weighted by Crippen LogP contribution is 2.64. The number of carbonyl (C=O) groups excluding carboxylic acids is 6. The number of benzene rings is 2. The molecule has 5 aliphatic rings. The predicted molar refractivity (Wildman–Crippen MR) is 213 cm³/mol. The zero-order valence-corrected chi connectivity index (χ0v) is 35.4. The summed E-state index contributed by atoms with van der Waals surface area (Å²) in [6.07, 6.45) is -11.6. The topological polar surface area (TPSA) is 240 Å². The number of aliphatic hydroxyl groups excluding tert-OH is 2. The fraction of sp³-hybridized carbons (Fsp3) is 0.556. The summed E-state index contributed by atoms with van der Waals surface area (Å²) in [5.74, 6) is -6.31. The van der Waals surface area contributed by atoms with Crippen molar-refractivity contribution in [2.75, 3.05) is 19.8 Å². The third-order valence-corrected chi connectivity index (χ3v) is 13.6. The molecular formula is C45H53NO16. The maximum atomic E-state index is 15.5. The van der Waals surface area contributed by atoms with Crippen LogP contribution in [0.5, 0.6) is 0 Å². The van der Waals surface area contributed by atoms with E-state index in [-0.39, 0.29) is 36.3 Å². The molecule has 4 fully saturated rings. The zero-order chi connectivity index (χ0) is 44.9. The summed E-state index contributed by atoms with van der Waals surface area (Å²) in [5.41, 5.74) is -7.38. The van der Waals surface area contributed by atoms with Crippen LogP contribution in [0, 0.1) is 16.7 Å². The van der Waals surface area contributed by atoms with Crippen LogP contribution < -0.4 is 5.32 Å². The predicted octanol–water partition coefficient (Wildman–Crippen LogP) is 2.82. The number of amides is 1. The Labute approximate surface area is 358 Å². The van der Waals surface area contributed by atoms with E-state index in [1.807, 2.05) is 0 Å². The molecule has 2 aliphatic heterocycles. The van der Waals surface area contributed by atoms with Crippen molar-refractivity contribution in [3.05, 3.63) is 82.9 Å². The molecule has 2 saturated carbocycles. The molecule has 2 aromatic rings. The molecule has 0 aromatic heterocycles. The van der Waals surface area contributed by atoms with E-state index in [0.29, 0.717) is 18.6 Å². The second-order valence-corrected chi connectivity index (χ2v) is 17.5. The minimum atomic E-state index is -2.40. The Morgan fingerprint density at radius 2 is 1.56 bits per heavy atom. The Morgan fingerprint density at radius 3 is 2.15 bits per heavy atom. The van der Waals surface area contributed by atoms with Gasteiger partial charge in [0.1, 0.15) is 30.0 Å². The van der Waals surface area contributed by atoms with Gasteiger partial charge in [-0.25, -0.2) is 14.4 Å². The Bertz CT molecular complexity index is 2120. The summed E-state index contributed by atoms with van der Waals surface area (Å²) >= 11 is 0. The van der Waals surface area contributed by atoms with Crippen LogP contribution in [0.25, 0.3) is 0 Å². The number of Topliss-reactive ketones (excluding diaryl/α,β-unsaturated/α-hetero) is 1. The molecule has 17 heteroatoms. The first kappa shape index (κ1) is 44.8. The Balaban J connectivity index is 1.36. The monoisotopic (exact) mass is 863 g/mol. The molecule has 2 heterocycles. The number of rotatable bonds is 10. The lowest BCUT2D eigenvalue weighted by Crippen LogP contribution is -2.82. The number of hydrogen-bond acceptors (Lipinski definition) is 16. The van der Waals surface area contributed by atoms with Crippen molar-refractivity contribution in [2.24, 2.45) is 16.7 Å². The van der Waals surface area contributed by atoms with Crippen LogP contribution in [-0.4, -0.2) is 125 Å². The highest BCUT2D eigenvalue weighted by atomic mass is 16.6. The van der Waals surface area contributed by atoms with E-state index in [9.17, 15) is 39.3 Å². The highest BCUT2D eigenvalue weighted by molar-refractivity contribution is 5.95. The van der Waals surface area contributed by atoms with E-state index >= 15 is 4.79 Å². The lowest BCUT2D eigenvalue weighted by atomic mass is 9.44. The molecule has 334 valence electrons. The first-order valence-corrected chi connectivity index (χ1v) is 20.6. The molecule has 4 N–H and O–H groups in total. The van der Waals surface area contributed by atoms with Gasteiger partial charge in [-0.15, -0.1) is 0 Å². The highest BCUT2D eigenvalue weighted by Gasteiger charge is 2.78. The minimum Gasteiger partial charge on any atom is -0.456 e. The smallest absolute Gasteiger partial charge is 0.408 e. The van der Waals surface area contributed by atoms with Crippen LogP contribution in [0.15, 0.2) is 71.8 Å². The molecule has 2 aromatic carbocycles. The van der Waals surface area contributed by atoms with E-state index in [2.05, 4.69) is 5.32 Å². The molecular weight excluding hydrogens is 810 g/mol. The van der Waals surface area contributed by atoms with Crippen molar-refractivity contribution in [3.8, 4) is 0 Å². The third kappa shape index (κ3) is 7.56. The Hall–Kier alpha value is -5.20. The van der Waals surface area contributed by atoms with Crippen molar-refractivity contribution in [1.82, 2.24) is 5.32 Å². The zero-order valence-electron chi connectivity index (χ0n) is 35.4. The molecule has 12 atom stereocenters. The number of fused-ring (bicyclic) bond motifs is 5. The maximum Gasteiger partial charge on any atom is 0.408 e. The van der Waals surface area contributed by atoms with E-state index in [1.165, 1.54) is 26.0 Å². The lowest BCUT2D eigenvalue weighted by molar-refractivity contribution is -0.346. The number of ketones is 1. The summed E-state index contributed by atoms with van der Waals surface area (Å²) in [4.78, 5) is 83.0. The second kappa shape index (κ2) is 16.8. The minimum absolute atomic E-state index is 0.0139. The fourth-order valence-electron chi connectivity index (χ4n) is 10.3. The number of ether oxygens (including phenoxy) is 7. The standard InChI is InChI=1S/C45H53NO16/c1-23-29(60-40(53)34(50)33(26-13-9-7-10-14-26)46-41(54)59-28-17-18-56-21-28)20-45(55)38(61-39(52)27-15-11-8-12-16-27)36-43(6,30(49)19-31-44(36,22-57-31)62-25(3)48)37(51)35(58-24(2)47)32(23)42(45,4)5/h7-16,28-31,33-36,38,49-50,55H,17-22H2,1-6H3,(H,46,54)/t28?,29?,30-,31?,33-,34?,35+,36?,38-,43+,44-,45+/m0/s1. The van der Waals surface area contributed by atoms with Gasteiger partial charge in [0.15, 0.2) is 23.6 Å². The van der Waals surface area contributed by atoms with Gasteiger partial charge in [0, 0.05) is 38.5 Å². The summed E-state index contributed by atoms with van der Waals surface area (Å²) in [6, 6.07) is 14.5. The molecule has 2 bridgehead atoms. The average Bonchev–Trinajstić information content (AvgIpc) is 3.74. The van der Waals surface area contributed by atoms with Crippen LogP contribution in [-0.2, 0) is 52.3 Å². The molecule has 2 saturated heterocycles. The van der Waals surface area contributed by atoms with Crippen LogP contribution in [0.4, 0.5) is 4.79 Å². The summed E-state index contributed by atoms with van der Waals surface area (Å²) < 4.78 is 41.0. The van der Waals surface area contributed by atoms with E-state index in [0.717, 1.165) is 13.8 Å². The number of nitrogens with one attached hydrogen (secondary N) is 1. The molecule has 62 heavy (non-hydrogen) atoms. The van der Waals surface area contributed by atoms with Gasteiger partial charge >= 0.3 is 30.0 Å². The number of aliphatic hydroxyl groups is 3. The molecule has 3 aliphatic carbocycles. The first-order chi connectivity index (χ1) is 29.3. The van der Waals surface area contributed by atoms with Gasteiger partial charge in [0.25, 0.3) is 0 Å². The van der Waals surface area contributed by atoms with E-state index in [4.69, 9.17) is 33.2 Å². The Kier molecular flexibility index (Phi) is 12.2. The van der Waals surface area contributed by atoms with Gasteiger partial charge in [-0.3, -0.25) is 14.4 Å². The molecule has 17 nitrogen and oxygen atoms in total. The number of carbonyl (C=O) groups is 6. The van der Waals surface area contributed by atoms with Gasteiger partial charge in [-0.05, 0) is 42.7 Å². The normalized spacial score (nSPS) is 34.3. The third-order valence-electron chi connectivity index (χ3n) is 13.6. The molecule has 1 amide bonds. The van der Waals surface area contributed by atoms with Gasteiger partial charge in [0.05, 0.1) is 48.9 Å².